The van der Waals surface area contributed by atoms with Crippen molar-refractivity contribution in [1.82, 2.24) is 10.6 Å². The van der Waals surface area contributed by atoms with Crippen LogP contribution in [0.1, 0.15) is 35.8 Å². The van der Waals surface area contributed by atoms with Crippen molar-refractivity contribution >= 4 is 33.0 Å². The molecule has 6 nitrogen and oxygen atoms in total. The number of benzene rings is 1. The van der Waals surface area contributed by atoms with Crippen LogP contribution in [-0.2, 0) is 19.4 Å². The van der Waals surface area contributed by atoms with E-state index in [1.54, 1.807) is 17.5 Å². The standard InChI is InChI=1S/C19H21FN2O4S2/c20-13-7-9-15(10-8-13)28(25,26)17(16-6-3-11-27-16)12-21-18(23)19(24)22-14-4-1-2-5-14/h3,6-11,14,17H,1-2,4-5,12H2,(H,21,23)(H,22,24)/t17-/m0/s1. The Bertz CT molecular complexity index is 921. The molecule has 0 spiro atoms. The Morgan fingerprint density at radius 2 is 1.79 bits per heavy atom. The van der Waals surface area contributed by atoms with E-state index in [1.165, 1.54) is 23.5 Å². The van der Waals surface area contributed by atoms with Crippen molar-refractivity contribution in [1.29, 1.82) is 0 Å². The molecule has 1 saturated carbocycles. The molecule has 1 aliphatic rings. The molecule has 0 saturated heterocycles. The average molecular weight is 425 g/mol. The first-order valence-electron chi connectivity index (χ1n) is 8.99. The van der Waals surface area contributed by atoms with Crippen molar-refractivity contribution in [3.05, 3.63) is 52.5 Å². The van der Waals surface area contributed by atoms with E-state index in [0.717, 1.165) is 37.8 Å². The van der Waals surface area contributed by atoms with Gasteiger partial charge in [-0.15, -0.1) is 11.3 Å². The highest BCUT2D eigenvalue weighted by Crippen LogP contribution is 2.31. The summed E-state index contributed by atoms with van der Waals surface area (Å²) in [6.45, 7) is -0.253. The number of nitrogens with one attached hydrogen (secondary N) is 2. The van der Waals surface area contributed by atoms with Gasteiger partial charge in [0.05, 0.1) is 4.90 Å². The van der Waals surface area contributed by atoms with E-state index in [2.05, 4.69) is 10.6 Å². The second-order valence-electron chi connectivity index (χ2n) is 6.67. The van der Waals surface area contributed by atoms with Gasteiger partial charge in [0, 0.05) is 17.5 Å². The largest absolute Gasteiger partial charge is 0.346 e. The molecular formula is C19H21FN2O4S2. The smallest absolute Gasteiger partial charge is 0.309 e. The molecule has 0 aliphatic heterocycles. The summed E-state index contributed by atoms with van der Waals surface area (Å²) < 4.78 is 39.2. The molecule has 1 aromatic carbocycles. The van der Waals surface area contributed by atoms with Crippen LogP contribution < -0.4 is 10.6 Å². The number of carbonyl (C=O) groups excluding carboxylic acids is 2. The topological polar surface area (TPSA) is 92.3 Å². The lowest BCUT2D eigenvalue weighted by Crippen LogP contribution is -2.45. The predicted molar refractivity (Wildman–Crippen MR) is 104 cm³/mol. The maximum Gasteiger partial charge on any atom is 0.309 e. The lowest BCUT2D eigenvalue weighted by Gasteiger charge is -2.18. The molecular weight excluding hydrogens is 403 g/mol. The van der Waals surface area contributed by atoms with Gasteiger partial charge in [0.25, 0.3) is 0 Å². The van der Waals surface area contributed by atoms with Gasteiger partial charge in [-0.05, 0) is 48.6 Å². The number of thiophene rings is 1. The molecule has 0 bridgehead atoms. The third kappa shape index (κ3) is 4.77. The van der Waals surface area contributed by atoms with Crippen molar-refractivity contribution in [3.8, 4) is 0 Å². The maximum absolute atomic E-state index is 13.2. The van der Waals surface area contributed by atoms with E-state index >= 15 is 0 Å². The molecule has 2 amide bonds. The molecule has 28 heavy (non-hydrogen) atoms. The summed E-state index contributed by atoms with van der Waals surface area (Å²) in [5.41, 5.74) is 0. The number of sulfone groups is 1. The zero-order valence-electron chi connectivity index (χ0n) is 15.1. The van der Waals surface area contributed by atoms with Gasteiger partial charge in [-0.2, -0.15) is 0 Å². The van der Waals surface area contributed by atoms with Crippen molar-refractivity contribution in [2.24, 2.45) is 0 Å². The van der Waals surface area contributed by atoms with Gasteiger partial charge in [0.1, 0.15) is 11.1 Å². The fourth-order valence-corrected chi connectivity index (χ4v) is 6.00. The van der Waals surface area contributed by atoms with Gasteiger partial charge >= 0.3 is 11.8 Å². The van der Waals surface area contributed by atoms with Crippen LogP contribution in [0.5, 0.6) is 0 Å². The number of halogens is 1. The van der Waals surface area contributed by atoms with Crippen LogP contribution in [0.2, 0.25) is 0 Å². The van der Waals surface area contributed by atoms with Crippen LogP contribution in [0.3, 0.4) is 0 Å². The first-order chi connectivity index (χ1) is 13.4. The van der Waals surface area contributed by atoms with Gasteiger partial charge in [0.15, 0.2) is 9.84 Å². The molecule has 3 rings (SSSR count). The summed E-state index contributed by atoms with van der Waals surface area (Å²) in [7, 11) is -3.89. The molecule has 0 unspecified atom stereocenters. The van der Waals surface area contributed by atoms with Crippen LogP contribution in [-0.4, -0.2) is 32.8 Å². The fourth-order valence-electron chi connectivity index (χ4n) is 3.21. The third-order valence-corrected chi connectivity index (χ3v) is 7.96. The number of carbonyl (C=O) groups is 2. The summed E-state index contributed by atoms with van der Waals surface area (Å²) in [6.07, 6.45) is 3.72. The molecule has 1 atom stereocenters. The first-order valence-corrected chi connectivity index (χ1v) is 11.4. The molecule has 0 radical (unpaired) electrons. The molecule has 1 heterocycles. The highest BCUT2D eigenvalue weighted by atomic mass is 32.2. The van der Waals surface area contributed by atoms with Gasteiger partial charge < -0.3 is 10.6 Å². The Morgan fingerprint density at radius 3 is 2.39 bits per heavy atom. The van der Waals surface area contributed by atoms with Crippen molar-refractivity contribution in [2.75, 3.05) is 6.54 Å². The third-order valence-electron chi connectivity index (χ3n) is 4.72. The number of amides is 2. The summed E-state index contributed by atoms with van der Waals surface area (Å²) in [6, 6.07) is 7.90. The van der Waals surface area contributed by atoms with Gasteiger partial charge in [-0.3, -0.25) is 9.59 Å². The van der Waals surface area contributed by atoms with Gasteiger partial charge in [0.2, 0.25) is 0 Å². The molecule has 1 fully saturated rings. The van der Waals surface area contributed by atoms with Crippen LogP contribution >= 0.6 is 11.3 Å². The zero-order valence-corrected chi connectivity index (χ0v) is 16.7. The summed E-state index contributed by atoms with van der Waals surface area (Å²) in [5.74, 6) is -2.15. The second-order valence-corrected chi connectivity index (χ2v) is 9.78. The van der Waals surface area contributed by atoms with E-state index in [0.29, 0.717) is 4.88 Å². The molecule has 9 heteroatoms. The lowest BCUT2D eigenvalue weighted by atomic mass is 10.2. The predicted octanol–water partition coefficient (Wildman–Crippen LogP) is 2.58. The van der Waals surface area contributed by atoms with Gasteiger partial charge in [-0.25, -0.2) is 12.8 Å². The number of rotatable bonds is 6. The van der Waals surface area contributed by atoms with E-state index in [1.807, 2.05) is 0 Å². The second kappa shape index (κ2) is 8.83. The monoisotopic (exact) mass is 424 g/mol. The highest BCUT2D eigenvalue weighted by molar-refractivity contribution is 7.91. The lowest BCUT2D eigenvalue weighted by molar-refractivity contribution is -0.139. The Hall–Kier alpha value is -2.26. The van der Waals surface area contributed by atoms with Crippen molar-refractivity contribution in [3.63, 3.8) is 0 Å². The van der Waals surface area contributed by atoms with Crippen molar-refractivity contribution in [2.45, 2.75) is 41.9 Å². The Balaban J connectivity index is 1.73. The summed E-state index contributed by atoms with van der Waals surface area (Å²) >= 11 is 1.24. The van der Waals surface area contributed by atoms with Crippen LogP contribution in [0.25, 0.3) is 0 Å². The summed E-state index contributed by atoms with van der Waals surface area (Å²) in [5, 5.41) is 5.77. The SMILES string of the molecule is O=C(NC[C@@H](c1cccs1)S(=O)(=O)c1ccc(F)cc1)C(=O)NC1CCCC1. The van der Waals surface area contributed by atoms with E-state index in [9.17, 15) is 22.4 Å². The normalized spacial score (nSPS) is 15.9. The Labute approximate surface area is 167 Å². The maximum atomic E-state index is 13.2. The minimum absolute atomic E-state index is 0.00529. The quantitative estimate of drug-likeness (QED) is 0.551. The van der Waals surface area contributed by atoms with E-state index in [-0.39, 0.29) is 17.5 Å². The molecule has 1 aliphatic carbocycles. The van der Waals surface area contributed by atoms with Crippen molar-refractivity contribution < 1.29 is 22.4 Å². The molecule has 2 aromatic rings. The van der Waals surface area contributed by atoms with Gasteiger partial charge in [-0.1, -0.05) is 18.9 Å². The number of hydrogen-bond acceptors (Lipinski definition) is 5. The molecule has 2 N–H and O–H groups in total. The molecule has 150 valence electrons. The van der Waals surface area contributed by atoms with Crippen LogP contribution in [0.15, 0.2) is 46.7 Å². The highest BCUT2D eigenvalue weighted by Gasteiger charge is 2.31. The van der Waals surface area contributed by atoms with E-state index in [4.69, 9.17) is 0 Å². The number of hydrogen-bond donors (Lipinski definition) is 2. The molecule has 1 aromatic heterocycles. The minimum atomic E-state index is -3.89. The fraction of sp³-hybridized carbons (Fsp3) is 0.368. The summed E-state index contributed by atoms with van der Waals surface area (Å²) in [4.78, 5) is 24.7. The average Bonchev–Trinajstić information content (AvgIpc) is 3.36. The van der Waals surface area contributed by atoms with Crippen LogP contribution in [0.4, 0.5) is 4.39 Å². The Kier molecular flexibility index (Phi) is 6.46. The Morgan fingerprint density at radius 1 is 1.11 bits per heavy atom. The zero-order chi connectivity index (χ0) is 20.1. The first kappa shape index (κ1) is 20.5. The van der Waals surface area contributed by atoms with Crippen LogP contribution in [0, 0.1) is 5.82 Å². The minimum Gasteiger partial charge on any atom is -0.346 e. The van der Waals surface area contributed by atoms with E-state index < -0.39 is 32.7 Å².